The molecule has 0 aromatic rings. The molecule has 1 heterocycles. The first kappa shape index (κ1) is 13.6. The topological polar surface area (TPSA) is 40.6 Å². The lowest BCUT2D eigenvalue weighted by Gasteiger charge is -2.35. The molecule has 1 saturated heterocycles. The molecule has 1 aliphatic heterocycles. The molecule has 0 radical (unpaired) electrons. The Morgan fingerprint density at radius 1 is 1.24 bits per heavy atom. The Labute approximate surface area is 110 Å². The van der Waals surface area contributed by atoms with Crippen LogP contribution in [0.5, 0.6) is 0 Å². The summed E-state index contributed by atoms with van der Waals surface area (Å²) in [7, 11) is -2.96. The van der Waals surface area contributed by atoms with E-state index in [1.165, 1.54) is 0 Å². The molecular weight excluding hydrogens is 256 g/mol. The number of nitrogens with zero attached hydrogens (tertiary/aromatic N) is 2. The average Bonchev–Trinajstić information content (AvgIpc) is 3.13. The van der Waals surface area contributed by atoms with E-state index in [1.54, 1.807) is 4.31 Å². The first-order chi connectivity index (χ1) is 8.04. The molecule has 0 unspecified atom stereocenters. The number of sulfonamides is 1. The lowest BCUT2D eigenvalue weighted by molar-refractivity contribution is 0.188. The van der Waals surface area contributed by atoms with E-state index in [9.17, 15) is 8.42 Å². The van der Waals surface area contributed by atoms with E-state index < -0.39 is 10.0 Å². The van der Waals surface area contributed by atoms with Crippen molar-refractivity contribution in [3.8, 4) is 0 Å². The second kappa shape index (κ2) is 5.47. The molecule has 0 bridgehead atoms. The van der Waals surface area contributed by atoms with Gasteiger partial charge in [-0.15, -0.1) is 0 Å². The minimum absolute atomic E-state index is 0.0673. The minimum atomic E-state index is -2.96. The fourth-order valence-corrected chi connectivity index (χ4v) is 4.23. The summed E-state index contributed by atoms with van der Waals surface area (Å²) in [4.78, 5) is 2.32. The molecule has 0 aromatic carbocycles. The smallest absolute Gasteiger partial charge is 0.217 e. The van der Waals surface area contributed by atoms with Crippen LogP contribution in [0.25, 0.3) is 0 Å². The zero-order valence-corrected chi connectivity index (χ0v) is 12.1. The van der Waals surface area contributed by atoms with Gasteiger partial charge in [-0.2, -0.15) is 16.9 Å². The van der Waals surface area contributed by atoms with Crippen molar-refractivity contribution in [1.29, 1.82) is 0 Å². The Morgan fingerprint density at radius 3 is 2.29 bits per heavy atom. The quantitative estimate of drug-likeness (QED) is 0.757. The third-order valence-electron chi connectivity index (χ3n) is 3.58. The summed E-state index contributed by atoms with van der Waals surface area (Å²) in [5.41, 5.74) is 0. The Balaban J connectivity index is 1.81. The van der Waals surface area contributed by atoms with Gasteiger partial charge in [0, 0.05) is 38.0 Å². The summed E-state index contributed by atoms with van der Waals surface area (Å²) in [5.74, 6) is 0. The van der Waals surface area contributed by atoms with Crippen molar-refractivity contribution in [2.24, 2.45) is 0 Å². The normalized spacial score (nSPS) is 26.0. The predicted octanol–water partition coefficient (Wildman–Crippen LogP) is 0.805. The fraction of sp³-hybridized carbons (Fsp3) is 1.00. The molecule has 6 heteroatoms. The molecule has 1 aliphatic carbocycles. The molecule has 100 valence electrons. The second-order valence-electron chi connectivity index (χ2n) is 5.01. The van der Waals surface area contributed by atoms with Gasteiger partial charge in [0.25, 0.3) is 0 Å². The minimum Gasteiger partial charge on any atom is -0.300 e. The summed E-state index contributed by atoms with van der Waals surface area (Å²) < 4.78 is 25.7. The Bertz CT molecular complexity index is 346. The Hall–Kier alpha value is 0.220. The van der Waals surface area contributed by atoms with Crippen LogP contribution in [0.3, 0.4) is 0 Å². The molecule has 1 saturated carbocycles. The van der Waals surface area contributed by atoms with Gasteiger partial charge < -0.3 is 0 Å². The number of thiol groups is 1. The summed E-state index contributed by atoms with van der Waals surface area (Å²) in [6, 6.07) is 0. The highest BCUT2D eigenvalue weighted by molar-refractivity contribution is 7.90. The van der Waals surface area contributed by atoms with Gasteiger partial charge in [0.1, 0.15) is 0 Å². The standard InChI is InChI=1S/C11H22N2O2S2/c1-2-10(16)9-12-5-7-13(8-6-12)17(14,15)11-3-4-11/h10-11,16H,2-9H2,1H3/t10-/m0/s1. The van der Waals surface area contributed by atoms with Crippen LogP contribution in [0.2, 0.25) is 0 Å². The van der Waals surface area contributed by atoms with E-state index in [2.05, 4.69) is 24.5 Å². The zero-order chi connectivity index (χ0) is 12.5. The lowest BCUT2D eigenvalue weighted by atomic mass is 10.3. The zero-order valence-electron chi connectivity index (χ0n) is 10.4. The van der Waals surface area contributed by atoms with E-state index in [4.69, 9.17) is 0 Å². The van der Waals surface area contributed by atoms with Crippen LogP contribution < -0.4 is 0 Å². The van der Waals surface area contributed by atoms with E-state index in [-0.39, 0.29) is 5.25 Å². The van der Waals surface area contributed by atoms with Gasteiger partial charge in [-0.05, 0) is 19.3 Å². The van der Waals surface area contributed by atoms with Crippen LogP contribution in [-0.2, 0) is 10.0 Å². The van der Waals surface area contributed by atoms with Crippen molar-refractivity contribution in [3.05, 3.63) is 0 Å². The molecule has 0 amide bonds. The van der Waals surface area contributed by atoms with Gasteiger partial charge >= 0.3 is 0 Å². The maximum atomic E-state index is 12.0. The SMILES string of the molecule is CC[C@H](S)CN1CCN(S(=O)(=O)C2CC2)CC1. The summed E-state index contributed by atoms with van der Waals surface area (Å²) in [6.07, 6.45) is 2.78. The highest BCUT2D eigenvalue weighted by Gasteiger charge is 2.40. The molecule has 1 atom stereocenters. The van der Waals surface area contributed by atoms with Crippen LogP contribution in [0, 0.1) is 0 Å². The Kier molecular flexibility index (Phi) is 4.39. The van der Waals surface area contributed by atoms with Crippen LogP contribution in [-0.4, -0.2) is 60.8 Å². The molecule has 2 aliphatic rings. The summed E-state index contributed by atoms with van der Waals surface area (Å²) in [5, 5.41) is 0.337. The van der Waals surface area contributed by atoms with Gasteiger partial charge in [-0.1, -0.05) is 6.92 Å². The number of hydrogen-bond acceptors (Lipinski definition) is 4. The van der Waals surface area contributed by atoms with Crippen molar-refractivity contribution < 1.29 is 8.42 Å². The molecule has 0 aromatic heterocycles. The number of rotatable bonds is 5. The molecule has 0 N–H and O–H groups in total. The molecule has 2 rings (SSSR count). The van der Waals surface area contributed by atoms with Crippen LogP contribution >= 0.6 is 12.6 Å². The van der Waals surface area contributed by atoms with E-state index >= 15 is 0 Å². The van der Waals surface area contributed by atoms with Gasteiger partial charge in [-0.3, -0.25) is 4.90 Å². The maximum absolute atomic E-state index is 12.0. The van der Waals surface area contributed by atoms with Crippen molar-refractivity contribution >= 4 is 22.7 Å². The molecule has 0 spiro atoms. The first-order valence-electron chi connectivity index (χ1n) is 6.43. The van der Waals surface area contributed by atoms with E-state index in [0.29, 0.717) is 18.3 Å². The van der Waals surface area contributed by atoms with Gasteiger partial charge in [-0.25, -0.2) is 8.42 Å². The third-order valence-corrected chi connectivity index (χ3v) is 6.50. The second-order valence-corrected chi connectivity index (χ2v) is 7.95. The van der Waals surface area contributed by atoms with Crippen molar-refractivity contribution in [1.82, 2.24) is 9.21 Å². The van der Waals surface area contributed by atoms with Crippen molar-refractivity contribution in [3.63, 3.8) is 0 Å². The summed E-state index contributed by atoms with van der Waals surface area (Å²) >= 11 is 4.49. The summed E-state index contributed by atoms with van der Waals surface area (Å²) in [6.45, 7) is 6.11. The molecular formula is C11H22N2O2S2. The first-order valence-corrected chi connectivity index (χ1v) is 8.45. The van der Waals surface area contributed by atoms with E-state index in [0.717, 1.165) is 38.9 Å². The van der Waals surface area contributed by atoms with Crippen LogP contribution in [0.15, 0.2) is 0 Å². The third kappa shape index (κ3) is 3.36. The maximum Gasteiger partial charge on any atom is 0.217 e. The number of hydrogen-bond donors (Lipinski definition) is 1. The monoisotopic (exact) mass is 278 g/mol. The van der Waals surface area contributed by atoms with Gasteiger partial charge in [0.15, 0.2) is 0 Å². The fourth-order valence-electron chi connectivity index (χ4n) is 2.17. The highest BCUT2D eigenvalue weighted by Crippen LogP contribution is 2.31. The van der Waals surface area contributed by atoms with Crippen LogP contribution in [0.4, 0.5) is 0 Å². The van der Waals surface area contributed by atoms with Gasteiger partial charge in [0.05, 0.1) is 5.25 Å². The largest absolute Gasteiger partial charge is 0.300 e. The molecule has 2 fully saturated rings. The van der Waals surface area contributed by atoms with E-state index in [1.807, 2.05) is 0 Å². The van der Waals surface area contributed by atoms with Gasteiger partial charge in [0.2, 0.25) is 10.0 Å². The number of piperazine rings is 1. The van der Waals surface area contributed by atoms with Crippen LogP contribution in [0.1, 0.15) is 26.2 Å². The average molecular weight is 278 g/mol. The van der Waals surface area contributed by atoms with Crippen molar-refractivity contribution in [2.75, 3.05) is 32.7 Å². The predicted molar refractivity (Wildman–Crippen MR) is 73.0 cm³/mol. The molecule has 4 nitrogen and oxygen atoms in total. The lowest BCUT2D eigenvalue weighted by Crippen LogP contribution is -2.50. The molecule has 17 heavy (non-hydrogen) atoms. The van der Waals surface area contributed by atoms with Crippen molar-refractivity contribution in [2.45, 2.75) is 36.7 Å². The highest BCUT2D eigenvalue weighted by atomic mass is 32.2. The Morgan fingerprint density at radius 2 is 1.82 bits per heavy atom.